The first kappa shape index (κ1) is 7.79. The lowest BCUT2D eigenvalue weighted by Crippen LogP contribution is -1.89. The SMILES string of the molecule is Fc1cnc(-c2cccnc2)nc1. The van der Waals surface area contributed by atoms with Crippen molar-refractivity contribution in [2.75, 3.05) is 0 Å². The summed E-state index contributed by atoms with van der Waals surface area (Å²) in [5.41, 5.74) is 0.780. The van der Waals surface area contributed by atoms with Crippen LogP contribution in [0.5, 0.6) is 0 Å². The minimum atomic E-state index is -0.437. The Morgan fingerprint density at radius 2 is 1.85 bits per heavy atom. The van der Waals surface area contributed by atoms with Gasteiger partial charge in [-0.2, -0.15) is 0 Å². The Balaban J connectivity index is 2.42. The van der Waals surface area contributed by atoms with Gasteiger partial charge in [0.25, 0.3) is 0 Å². The first-order valence-electron chi connectivity index (χ1n) is 3.74. The minimum Gasteiger partial charge on any atom is -0.264 e. The normalized spacial score (nSPS) is 9.92. The van der Waals surface area contributed by atoms with Gasteiger partial charge in [0.15, 0.2) is 11.6 Å². The molecular weight excluding hydrogens is 169 g/mol. The van der Waals surface area contributed by atoms with Crippen molar-refractivity contribution in [3.63, 3.8) is 0 Å². The molecule has 2 aromatic heterocycles. The molecule has 0 aromatic carbocycles. The van der Waals surface area contributed by atoms with Crippen molar-refractivity contribution in [3.05, 3.63) is 42.7 Å². The molecule has 3 nitrogen and oxygen atoms in total. The fourth-order valence-electron chi connectivity index (χ4n) is 0.956. The van der Waals surface area contributed by atoms with Crippen molar-refractivity contribution in [1.29, 1.82) is 0 Å². The van der Waals surface area contributed by atoms with Crippen LogP contribution >= 0.6 is 0 Å². The summed E-state index contributed by atoms with van der Waals surface area (Å²) in [5.74, 6) is 0.0436. The molecule has 0 amide bonds. The monoisotopic (exact) mass is 175 g/mol. The van der Waals surface area contributed by atoms with Gasteiger partial charge in [-0.3, -0.25) is 4.98 Å². The Labute approximate surface area is 74.3 Å². The molecule has 0 radical (unpaired) electrons. The lowest BCUT2D eigenvalue weighted by atomic mass is 10.3. The zero-order valence-electron chi connectivity index (χ0n) is 6.68. The molecule has 0 fully saturated rings. The van der Waals surface area contributed by atoms with Gasteiger partial charge >= 0.3 is 0 Å². The summed E-state index contributed by atoms with van der Waals surface area (Å²) in [6.07, 6.45) is 5.56. The van der Waals surface area contributed by atoms with E-state index in [4.69, 9.17) is 0 Å². The van der Waals surface area contributed by atoms with Gasteiger partial charge in [-0.05, 0) is 12.1 Å². The van der Waals surface area contributed by atoms with Crippen molar-refractivity contribution in [1.82, 2.24) is 15.0 Å². The summed E-state index contributed by atoms with van der Waals surface area (Å²) < 4.78 is 12.5. The van der Waals surface area contributed by atoms with Gasteiger partial charge < -0.3 is 0 Å². The summed E-state index contributed by atoms with van der Waals surface area (Å²) >= 11 is 0. The third kappa shape index (κ3) is 1.66. The van der Waals surface area contributed by atoms with E-state index in [0.29, 0.717) is 5.82 Å². The minimum absolute atomic E-state index is 0.437. The third-order valence-electron chi connectivity index (χ3n) is 1.54. The summed E-state index contributed by atoms with van der Waals surface area (Å²) in [6.45, 7) is 0. The van der Waals surface area contributed by atoms with Gasteiger partial charge in [0.05, 0.1) is 12.4 Å². The molecule has 0 unspecified atom stereocenters. The quantitative estimate of drug-likeness (QED) is 0.661. The highest BCUT2D eigenvalue weighted by molar-refractivity contribution is 5.51. The Hall–Kier alpha value is -1.84. The van der Waals surface area contributed by atoms with Crippen LogP contribution in [-0.2, 0) is 0 Å². The second-order valence-electron chi connectivity index (χ2n) is 2.47. The molecule has 0 saturated carbocycles. The standard InChI is InChI=1S/C9H6FN3/c10-8-5-12-9(13-6-8)7-2-1-3-11-4-7/h1-6H. The maximum atomic E-state index is 12.5. The Morgan fingerprint density at radius 3 is 2.46 bits per heavy atom. The van der Waals surface area contributed by atoms with E-state index in [-0.39, 0.29) is 0 Å². The number of halogens is 1. The summed E-state index contributed by atoms with van der Waals surface area (Å²) in [4.78, 5) is 11.6. The largest absolute Gasteiger partial charge is 0.264 e. The van der Waals surface area contributed by atoms with E-state index >= 15 is 0 Å². The van der Waals surface area contributed by atoms with Crippen LogP contribution in [0.25, 0.3) is 11.4 Å². The smallest absolute Gasteiger partial charge is 0.160 e. The average molecular weight is 175 g/mol. The van der Waals surface area contributed by atoms with Gasteiger partial charge in [0, 0.05) is 18.0 Å². The Morgan fingerprint density at radius 1 is 1.08 bits per heavy atom. The van der Waals surface area contributed by atoms with Gasteiger partial charge in [0.2, 0.25) is 0 Å². The molecule has 0 aliphatic carbocycles. The molecule has 0 aliphatic heterocycles. The van der Waals surface area contributed by atoms with Crippen LogP contribution in [0, 0.1) is 5.82 Å². The van der Waals surface area contributed by atoms with Crippen LogP contribution in [0.2, 0.25) is 0 Å². The van der Waals surface area contributed by atoms with Crippen LogP contribution in [0.4, 0.5) is 4.39 Å². The molecule has 0 atom stereocenters. The first-order chi connectivity index (χ1) is 6.36. The molecule has 2 heterocycles. The summed E-state index contributed by atoms with van der Waals surface area (Å²) in [6, 6.07) is 3.60. The lowest BCUT2D eigenvalue weighted by molar-refractivity contribution is 0.614. The Kier molecular flexibility index (Phi) is 1.96. The van der Waals surface area contributed by atoms with Gasteiger partial charge in [0.1, 0.15) is 0 Å². The van der Waals surface area contributed by atoms with Crippen LogP contribution in [0.15, 0.2) is 36.9 Å². The maximum absolute atomic E-state index is 12.5. The van der Waals surface area contributed by atoms with E-state index in [0.717, 1.165) is 18.0 Å². The molecular formula is C9H6FN3. The van der Waals surface area contributed by atoms with Crippen LogP contribution in [-0.4, -0.2) is 15.0 Å². The summed E-state index contributed by atoms with van der Waals surface area (Å²) in [7, 11) is 0. The number of pyridine rings is 1. The third-order valence-corrected chi connectivity index (χ3v) is 1.54. The average Bonchev–Trinajstić information content (AvgIpc) is 2.20. The van der Waals surface area contributed by atoms with Crippen molar-refractivity contribution in [2.45, 2.75) is 0 Å². The number of aromatic nitrogens is 3. The van der Waals surface area contributed by atoms with Crippen molar-refractivity contribution >= 4 is 0 Å². The lowest BCUT2D eigenvalue weighted by Gasteiger charge is -1.96. The predicted octanol–water partition coefficient (Wildman–Crippen LogP) is 1.68. The number of rotatable bonds is 1. The highest BCUT2D eigenvalue weighted by Gasteiger charge is 1.99. The zero-order chi connectivity index (χ0) is 9.10. The molecule has 0 aliphatic rings. The molecule has 0 bridgehead atoms. The van der Waals surface area contributed by atoms with Crippen LogP contribution in [0.1, 0.15) is 0 Å². The molecule has 13 heavy (non-hydrogen) atoms. The second kappa shape index (κ2) is 3.26. The zero-order valence-corrected chi connectivity index (χ0v) is 6.68. The number of nitrogens with zero attached hydrogens (tertiary/aromatic N) is 3. The van der Waals surface area contributed by atoms with Crippen molar-refractivity contribution in [2.24, 2.45) is 0 Å². The summed E-state index contributed by atoms with van der Waals surface area (Å²) in [5, 5.41) is 0. The molecule has 0 spiro atoms. The van der Waals surface area contributed by atoms with E-state index in [2.05, 4.69) is 15.0 Å². The predicted molar refractivity (Wildman–Crippen MR) is 45.2 cm³/mol. The molecule has 4 heteroatoms. The molecule has 64 valence electrons. The van der Waals surface area contributed by atoms with E-state index in [9.17, 15) is 4.39 Å². The van der Waals surface area contributed by atoms with E-state index in [1.165, 1.54) is 0 Å². The Bertz CT molecular complexity index is 385. The second-order valence-corrected chi connectivity index (χ2v) is 2.47. The topological polar surface area (TPSA) is 38.7 Å². The van der Waals surface area contributed by atoms with Crippen LogP contribution in [0.3, 0.4) is 0 Å². The number of hydrogen-bond donors (Lipinski definition) is 0. The van der Waals surface area contributed by atoms with E-state index in [1.807, 2.05) is 6.07 Å². The highest BCUT2D eigenvalue weighted by Crippen LogP contribution is 2.10. The van der Waals surface area contributed by atoms with Gasteiger partial charge in [-0.1, -0.05) is 0 Å². The van der Waals surface area contributed by atoms with Crippen molar-refractivity contribution < 1.29 is 4.39 Å². The maximum Gasteiger partial charge on any atom is 0.160 e. The van der Waals surface area contributed by atoms with Gasteiger partial charge in [-0.15, -0.1) is 0 Å². The molecule has 2 rings (SSSR count). The molecule has 0 N–H and O–H groups in total. The van der Waals surface area contributed by atoms with E-state index < -0.39 is 5.82 Å². The first-order valence-corrected chi connectivity index (χ1v) is 3.74. The fraction of sp³-hybridized carbons (Fsp3) is 0. The molecule has 2 aromatic rings. The molecule has 0 saturated heterocycles. The van der Waals surface area contributed by atoms with Gasteiger partial charge in [-0.25, -0.2) is 14.4 Å². The van der Waals surface area contributed by atoms with E-state index in [1.54, 1.807) is 18.5 Å². The van der Waals surface area contributed by atoms with Crippen LogP contribution < -0.4 is 0 Å². The number of hydrogen-bond acceptors (Lipinski definition) is 3. The fourth-order valence-corrected chi connectivity index (χ4v) is 0.956. The van der Waals surface area contributed by atoms with Crippen molar-refractivity contribution in [3.8, 4) is 11.4 Å². The highest BCUT2D eigenvalue weighted by atomic mass is 19.1.